The van der Waals surface area contributed by atoms with E-state index in [-0.39, 0.29) is 12.1 Å². The van der Waals surface area contributed by atoms with E-state index in [1.54, 1.807) is 7.11 Å². The number of ether oxygens (including phenoxy) is 1. The number of carbonyl (C=O) groups is 1. The van der Waals surface area contributed by atoms with Crippen LogP contribution in [-0.4, -0.2) is 51.1 Å². The number of piperidine rings is 1. The molecule has 2 amide bonds. The first-order valence-electron chi connectivity index (χ1n) is 8.12. The predicted octanol–water partition coefficient (Wildman–Crippen LogP) is 1.36. The molecule has 2 fully saturated rings. The summed E-state index contributed by atoms with van der Waals surface area (Å²) in [5.74, 6) is 0. The van der Waals surface area contributed by atoms with Crippen LogP contribution in [0.1, 0.15) is 51.4 Å². The second kappa shape index (κ2) is 8.12. The first kappa shape index (κ1) is 17.5. The van der Waals surface area contributed by atoms with Crippen molar-refractivity contribution in [3.63, 3.8) is 0 Å². The zero-order chi connectivity index (χ0) is 16.0. The maximum Gasteiger partial charge on any atom is 0.329 e. The highest BCUT2D eigenvalue weighted by Crippen LogP contribution is 2.18. The molecule has 0 aromatic carbocycles. The molecule has 0 radical (unpaired) electrons. The van der Waals surface area contributed by atoms with Gasteiger partial charge in [-0.25, -0.2) is 9.52 Å². The highest BCUT2D eigenvalue weighted by Gasteiger charge is 2.29. The van der Waals surface area contributed by atoms with E-state index in [1.165, 1.54) is 17.1 Å². The van der Waals surface area contributed by atoms with E-state index in [0.717, 1.165) is 25.7 Å². The molecule has 22 heavy (non-hydrogen) atoms. The summed E-state index contributed by atoms with van der Waals surface area (Å²) < 4.78 is 33.1. The molecule has 0 unspecified atom stereocenters. The van der Waals surface area contributed by atoms with Crippen LogP contribution in [-0.2, 0) is 14.9 Å². The molecule has 0 bridgehead atoms. The maximum absolute atomic E-state index is 12.2. The quantitative estimate of drug-likeness (QED) is 0.761. The number of carbonyl (C=O) groups excluding carboxylic acids is 1. The molecule has 1 aliphatic carbocycles. The number of nitrogens with one attached hydrogen (secondary N) is 2. The third-order valence-corrected chi connectivity index (χ3v) is 5.97. The Kier molecular flexibility index (Phi) is 6.46. The summed E-state index contributed by atoms with van der Waals surface area (Å²) in [6.45, 7) is 0.759. The SMILES string of the molecule is COC1CCN(S(=O)(=O)NC(=O)NC2CCCCCC2)CC1. The lowest BCUT2D eigenvalue weighted by Crippen LogP contribution is -2.51. The Bertz CT molecular complexity index is 453. The van der Waals surface area contributed by atoms with E-state index in [0.29, 0.717) is 25.9 Å². The first-order valence-corrected chi connectivity index (χ1v) is 9.56. The van der Waals surface area contributed by atoms with E-state index in [4.69, 9.17) is 4.74 Å². The van der Waals surface area contributed by atoms with Crippen molar-refractivity contribution in [2.45, 2.75) is 63.5 Å². The lowest BCUT2D eigenvalue weighted by molar-refractivity contribution is 0.0603. The van der Waals surface area contributed by atoms with Crippen molar-refractivity contribution in [2.24, 2.45) is 0 Å². The second-order valence-corrected chi connectivity index (χ2v) is 7.77. The minimum atomic E-state index is -3.76. The highest BCUT2D eigenvalue weighted by molar-refractivity contribution is 7.87. The van der Waals surface area contributed by atoms with Crippen LogP contribution in [0.15, 0.2) is 0 Å². The fourth-order valence-electron chi connectivity index (χ4n) is 3.13. The molecule has 2 N–H and O–H groups in total. The maximum atomic E-state index is 12.2. The van der Waals surface area contributed by atoms with Crippen LogP contribution < -0.4 is 10.0 Å². The largest absolute Gasteiger partial charge is 0.381 e. The van der Waals surface area contributed by atoms with Crippen molar-refractivity contribution in [3.8, 4) is 0 Å². The summed E-state index contributed by atoms with van der Waals surface area (Å²) >= 11 is 0. The summed E-state index contributed by atoms with van der Waals surface area (Å²) in [6, 6.07) is -0.530. The van der Waals surface area contributed by atoms with Crippen LogP contribution >= 0.6 is 0 Å². The van der Waals surface area contributed by atoms with Crippen molar-refractivity contribution in [1.82, 2.24) is 14.3 Å². The topological polar surface area (TPSA) is 87.7 Å². The fourth-order valence-corrected chi connectivity index (χ4v) is 4.24. The van der Waals surface area contributed by atoms with Gasteiger partial charge in [-0.3, -0.25) is 0 Å². The van der Waals surface area contributed by atoms with Crippen molar-refractivity contribution in [2.75, 3.05) is 20.2 Å². The van der Waals surface area contributed by atoms with E-state index in [1.807, 2.05) is 0 Å². The molecule has 1 aliphatic heterocycles. The van der Waals surface area contributed by atoms with Gasteiger partial charge in [-0.05, 0) is 25.7 Å². The number of rotatable bonds is 4. The van der Waals surface area contributed by atoms with Gasteiger partial charge in [0.1, 0.15) is 0 Å². The Morgan fingerprint density at radius 3 is 2.18 bits per heavy atom. The van der Waals surface area contributed by atoms with Crippen molar-refractivity contribution in [1.29, 1.82) is 0 Å². The van der Waals surface area contributed by atoms with Crippen LogP contribution in [0.5, 0.6) is 0 Å². The fraction of sp³-hybridized carbons (Fsp3) is 0.929. The Morgan fingerprint density at radius 1 is 1.05 bits per heavy atom. The zero-order valence-corrected chi connectivity index (χ0v) is 14.0. The molecule has 1 heterocycles. The second-order valence-electron chi connectivity index (χ2n) is 6.10. The van der Waals surface area contributed by atoms with Crippen LogP contribution in [0.3, 0.4) is 0 Å². The van der Waals surface area contributed by atoms with Gasteiger partial charge in [-0.1, -0.05) is 25.7 Å². The Balaban J connectivity index is 1.81. The Labute approximate surface area is 133 Å². The molecule has 0 aromatic rings. The molecule has 7 nitrogen and oxygen atoms in total. The summed E-state index contributed by atoms with van der Waals surface area (Å²) in [6.07, 6.45) is 7.80. The van der Waals surface area contributed by atoms with E-state index >= 15 is 0 Å². The van der Waals surface area contributed by atoms with Gasteiger partial charge in [-0.15, -0.1) is 0 Å². The number of amides is 2. The normalized spacial score (nSPS) is 23.0. The average molecular weight is 333 g/mol. The molecular formula is C14H27N3O4S. The average Bonchev–Trinajstić information content (AvgIpc) is 2.75. The molecule has 0 atom stereocenters. The van der Waals surface area contributed by atoms with E-state index < -0.39 is 16.2 Å². The molecule has 1 saturated heterocycles. The van der Waals surface area contributed by atoms with Crippen molar-refractivity contribution >= 4 is 16.2 Å². The van der Waals surface area contributed by atoms with E-state index in [9.17, 15) is 13.2 Å². The monoisotopic (exact) mass is 333 g/mol. The number of nitrogens with zero attached hydrogens (tertiary/aromatic N) is 1. The summed E-state index contributed by atoms with van der Waals surface area (Å²) in [5.41, 5.74) is 0. The lowest BCUT2D eigenvalue weighted by atomic mass is 10.1. The molecule has 2 rings (SSSR count). The van der Waals surface area contributed by atoms with Crippen LogP contribution in [0.2, 0.25) is 0 Å². The number of urea groups is 1. The first-order chi connectivity index (χ1) is 10.5. The van der Waals surface area contributed by atoms with Crippen LogP contribution in [0.4, 0.5) is 4.79 Å². The molecule has 2 aliphatic rings. The lowest BCUT2D eigenvalue weighted by Gasteiger charge is -2.30. The highest BCUT2D eigenvalue weighted by atomic mass is 32.2. The van der Waals surface area contributed by atoms with Crippen LogP contribution in [0.25, 0.3) is 0 Å². The van der Waals surface area contributed by atoms with Crippen LogP contribution in [0, 0.1) is 0 Å². The van der Waals surface area contributed by atoms with Gasteiger partial charge in [0, 0.05) is 26.2 Å². The van der Waals surface area contributed by atoms with Gasteiger partial charge >= 0.3 is 16.2 Å². The zero-order valence-electron chi connectivity index (χ0n) is 13.2. The van der Waals surface area contributed by atoms with Gasteiger partial charge in [0.05, 0.1) is 6.10 Å². The molecule has 0 spiro atoms. The minimum absolute atomic E-state index is 0.0805. The molecule has 128 valence electrons. The van der Waals surface area contributed by atoms with Gasteiger partial charge in [0.25, 0.3) is 0 Å². The molecule has 8 heteroatoms. The minimum Gasteiger partial charge on any atom is -0.381 e. The van der Waals surface area contributed by atoms with Gasteiger partial charge in [0.15, 0.2) is 0 Å². The van der Waals surface area contributed by atoms with Crippen molar-refractivity contribution < 1.29 is 17.9 Å². The van der Waals surface area contributed by atoms with E-state index in [2.05, 4.69) is 10.0 Å². The smallest absolute Gasteiger partial charge is 0.329 e. The predicted molar refractivity (Wildman–Crippen MR) is 83.7 cm³/mol. The number of hydrogen-bond acceptors (Lipinski definition) is 4. The van der Waals surface area contributed by atoms with Gasteiger partial charge in [0.2, 0.25) is 0 Å². The van der Waals surface area contributed by atoms with Crippen molar-refractivity contribution in [3.05, 3.63) is 0 Å². The molecule has 0 aromatic heterocycles. The summed E-state index contributed by atoms with van der Waals surface area (Å²) in [5, 5.41) is 2.79. The summed E-state index contributed by atoms with van der Waals surface area (Å²) in [7, 11) is -2.13. The third kappa shape index (κ3) is 5.10. The Morgan fingerprint density at radius 2 is 1.64 bits per heavy atom. The van der Waals surface area contributed by atoms with Gasteiger partial charge < -0.3 is 10.1 Å². The van der Waals surface area contributed by atoms with Gasteiger partial charge in [-0.2, -0.15) is 12.7 Å². The molecular weight excluding hydrogens is 306 g/mol. The number of methoxy groups -OCH3 is 1. The number of hydrogen-bond donors (Lipinski definition) is 2. The Hall–Kier alpha value is -0.860. The standard InChI is InChI=1S/C14H27N3O4S/c1-21-13-8-10-17(11-9-13)22(19,20)16-14(18)15-12-6-4-2-3-5-7-12/h12-13H,2-11H2,1H3,(H2,15,16,18). The molecule has 1 saturated carbocycles. The summed E-state index contributed by atoms with van der Waals surface area (Å²) in [4.78, 5) is 11.9. The third-order valence-electron chi connectivity index (χ3n) is 4.49.